The lowest BCUT2D eigenvalue weighted by atomic mass is 10.0. The Bertz CT molecular complexity index is 897. The Morgan fingerprint density at radius 1 is 0.962 bits per heavy atom. The fraction of sp³-hybridized carbons (Fsp3) is 0.143. The fourth-order valence-corrected chi connectivity index (χ4v) is 2.65. The number of ether oxygens (including phenoxy) is 2. The monoisotopic (exact) mass is 345 g/mol. The van der Waals surface area contributed by atoms with Gasteiger partial charge in [0.25, 0.3) is 0 Å². The number of rotatable bonds is 5. The molecule has 5 nitrogen and oxygen atoms in total. The quantitative estimate of drug-likeness (QED) is 0.681. The number of allylic oxidation sites excluding steroid dienone is 2. The predicted octanol–water partition coefficient (Wildman–Crippen LogP) is 4.69. The number of nitriles is 1. The minimum Gasteiger partial charge on any atom is -0.497 e. The number of hydrogen-bond donors (Lipinski definition) is 1. The summed E-state index contributed by atoms with van der Waals surface area (Å²) < 4.78 is 10.5. The van der Waals surface area contributed by atoms with Crippen molar-refractivity contribution in [1.29, 1.82) is 5.26 Å². The number of hydrogen-bond acceptors (Lipinski definition) is 4. The van der Waals surface area contributed by atoms with Gasteiger partial charge in [-0.1, -0.05) is 0 Å². The molecule has 0 aliphatic carbocycles. The Balaban J connectivity index is 2.13. The summed E-state index contributed by atoms with van der Waals surface area (Å²) in [7, 11) is 3.28. The van der Waals surface area contributed by atoms with Crippen molar-refractivity contribution in [2.24, 2.45) is 0 Å². The standard InChI is InChI=1S/C21H19N3O2/c1-14(12-13-22)21-23-19(15-4-8-17(25-2)9-5-15)20(24-21)16-6-10-18(26-3)11-7-16/h4-12H,1-3H3,(H,23,24)/b14-12+. The second-order valence-electron chi connectivity index (χ2n) is 5.72. The van der Waals surface area contributed by atoms with E-state index >= 15 is 0 Å². The summed E-state index contributed by atoms with van der Waals surface area (Å²) in [6.45, 7) is 1.86. The molecule has 3 aromatic rings. The Labute approximate surface area is 152 Å². The van der Waals surface area contributed by atoms with E-state index in [2.05, 4.69) is 4.98 Å². The van der Waals surface area contributed by atoms with E-state index in [-0.39, 0.29) is 0 Å². The molecule has 26 heavy (non-hydrogen) atoms. The van der Waals surface area contributed by atoms with Crippen LogP contribution in [0.2, 0.25) is 0 Å². The van der Waals surface area contributed by atoms with E-state index in [0.717, 1.165) is 39.6 Å². The van der Waals surface area contributed by atoms with Crippen LogP contribution in [0.15, 0.2) is 54.6 Å². The molecular formula is C21H19N3O2. The molecule has 1 N–H and O–H groups in total. The van der Waals surface area contributed by atoms with E-state index in [9.17, 15) is 0 Å². The maximum Gasteiger partial charge on any atom is 0.134 e. The van der Waals surface area contributed by atoms with Crippen LogP contribution in [0.25, 0.3) is 28.1 Å². The molecule has 0 bridgehead atoms. The molecule has 130 valence electrons. The number of methoxy groups -OCH3 is 2. The van der Waals surface area contributed by atoms with Crippen molar-refractivity contribution >= 4 is 5.57 Å². The smallest absolute Gasteiger partial charge is 0.134 e. The van der Waals surface area contributed by atoms with Crippen molar-refractivity contribution in [3.8, 4) is 40.1 Å². The van der Waals surface area contributed by atoms with Gasteiger partial charge in [-0.05, 0) is 55.5 Å². The lowest BCUT2D eigenvalue weighted by Gasteiger charge is -2.06. The average Bonchev–Trinajstić information content (AvgIpc) is 3.14. The van der Waals surface area contributed by atoms with Gasteiger partial charge in [0.2, 0.25) is 0 Å². The van der Waals surface area contributed by atoms with Gasteiger partial charge in [0.1, 0.15) is 17.3 Å². The number of aromatic amines is 1. The topological polar surface area (TPSA) is 70.9 Å². The lowest BCUT2D eigenvalue weighted by molar-refractivity contribution is 0.414. The molecule has 0 saturated carbocycles. The van der Waals surface area contributed by atoms with Gasteiger partial charge in [0, 0.05) is 22.8 Å². The number of nitrogens with one attached hydrogen (secondary N) is 1. The van der Waals surface area contributed by atoms with Crippen molar-refractivity contribution in [3.05, 3.63) is 60.4 Å². The molecule has 0 fully saturated rings. The third-order valence-corrected chi connectivity index (χ3v) is 4.10. The van der Waals surface area contributed by atoms with Crippen molar-refractivity contribution in [2.45, 2.75) is 6.92 Å². The zero-order valence-corrected chi connectivity index (χ0v) is 14.9. The summed E-state index contributed by atoms with van der Waals surface area (Å²) in [5, 5.41) is 8.93. The van der Waals surface area contributed by atoms with Crippen LogP contribution >= 0.6 is 0 Å². The first-order valence-corrected chi connectivity index (χ1v) is 8.12. The van der Waals surface area contributed by atoms with Gasteiger partial charge in [-0.15, -0.1) is 0 Å². The first kappa shape index (κ1) is 17.3. The molecular weight excluding hydrogens is 326 g/mol. The Morgan fingerprint density at radius 2 is 1.50 bits per heavy atom. The van der Waals surface area contributed by atoms with E-state index in [1.54, 1.807) is 14.2 Å². The highest BCUT2D eigenvalue weighted by Crippen LogP contribution is 2.33. The molecule has 1 aromatic heterocycles. The van der Waals surface area contributed by atoms with Crippen LogP contribution in [0.3, 0.4) is 0 Å². The number of H-pyrrole nitrogens is 1. The molecule has 0 radical (unpaired) electrons. The van der Waals surface area contributed by atoms with Gasteiger partial charge in [0.05, 0.1) is 31.7 Å². The number of benzene rings is 2. The molecule has 0 amide bonds. The zero-order chi connectivity index (χ0) is 18.5. The molecule has 0 aliphatic heterocycles. The molecule has 2 aromatic carbocycles. The SMILES string of the molecule is COc1ccc(-c2nc(/C(C)=C/C#N)[nH]c2-c2ccc(OC)cc2)cc1. The fourth-order valence-electron chi connectivity index (χ4n) is 2.65. The predicted molar refractivity (Wildman–Crippen MR) is 102 cm³/mol. The normalized spacial score (nSPS) is 11.1. The van der Waals surface area contributed by atoms with Crippen LogP contribution in [-0.2, 0) is 0 Å². The molecule has 0 aliphatic rings. The van der Waals surface area contributed by atoms with Crippen molar-refractivity contribution in [2.75, 3.05) is 14.2 Å². The van der Waals surface area contributed by atoms with Crippen LogP contribution < -0.4 is 9.47 Å². The molecule has 5 heteroatoms. The number of nitrogens with zero attached hydrogens (tertiary/aromatic N) is 2. The van der Waals surface area contributed by atoms with Crippen LogP contribution in [0.1, 0.15) is 12.7 Å². The van der Waals surface area contributed by atoms with Gasteiger partial charge in [-0.25, -0.2) is 4.98 Å². The molecule has 3 rings (SSSR count). The van der Waals surface area contributed by atoms with Gasteiger partial charge < -0.3 is 14.5 Å². The van der Waals surface area contributed by atoms with E-state index in [1.165, 1.54) is 6.08 Å². The van der Waals surface area contributed by atoms with E-state index in [4.69, 9.17) is 19.7 Å². The zero-order valence-electron chi connectivity index (χ0n) is 14.9. The third kappa shape index (κ3) is 3.45. The summed E-state index contributed by atoms with van der Waals surface area (Å²) in [5.41, 5.74) is 4.43. The minimum atomic E-state index is 0.670. The first-order valence-electron chi connectivity index (χ1n) is 8.12. The second-order valence-corrected chi connectivity index (χ2v) is 5.72. The van der Waals surface area contributed by atoms with Crippen molar-refractivity contribution in [1.82, 2.24) is 9.97 Å². The number of imidazole rings is 1. The van der Waals surface area contributed by atoms with Gasteiger partial charge in [-0.2, -0.15) is 5.26 Å². The van der Waals surface area contributed by atoms with Gasteiger partial charge in [0.15, 0.2) is 0 Å². The van der Waals surface area contributed by atoms with Crippen LogP contribution in [0.5, 0.6) is 11.5 Å². The highest BCUT2D eigenvalue weighted by molar-refractivity contribution is 5.81. The lowest BCUT2D eigenvalue weighted by Crippen LogP contribution is -1.87. The average molecular weight is 345 g/mol. The Kier molecular flexibility index (Phi) is 5.04. The summed E-state index contributed by atoms with van der Waals surface area (Å²) in [4.78, 5) is 8.07. The Morgan fingerprint density at radius 3 is 2.00 bits per heavy atom. The first-order chi connectivity index (χ1) is 12.7. The molecule has 1 heterocycles. The summed E-state index contributed by atoms with van der Waals surface area (Å²) in [6, 6.07) is 17.6. The molecule has 0 unspecified atom stereocenters. The summed E-state index contributed by atoms with van der Waals surface area (Å²) >= 11 is 0. The highest BCUT2D eigenvalue weighted by atomic mass is 16.5. The van der Waals surface area contributed by atoms with E-state index in [0.29, 0.717) is 5.82 Å². The maximum absolute atomic E-state index is 8.93. The van der Waals surface area contributed by atoms with Crippen LogP contribution in [-0.4, -0.2) is 24.2 Å². The van der Waals surface area contributed by atoms with E-state index < -0.39 is 0 Å². The van der Waals surface area contributed by atoms with Gasteiger partial charge >= 0.3 is 0 Å². The van der Waals surface area contributed by atoms with Crippen molar-refractivity contribution < 1.29 is 9.47 Å². The van der Waals surface area contributed by atoms with Crippen LogP contribution in [0.4, 0.5) is 0 Å². The molecule has 0 spiro atoms. The maximum atomic E-state index is 8.93. The van der Waals surface area contributed by atoms with E-state index in [1.807, 2.05) is 61.5 Å². The Hall–Kier alpha value is -3.52. The number of aromatic nitrogens is 2. The molecule has 0 atom stereocenters. The highest BCUT2D eigenvalue weighted by Gasteiger charge is 2.15. The summed E-state index contributed by atoms with van der Waals surface area (Å²) in [5.74, 6) is 2.25. The van der Waals surface area contributed by atoms with Crippen LogP contribution in [0, 0.1) is 11.3 Å². The minimum absolute atomic E-state index is 0.670. The molecule has 0 saturated heterocycles. The van der Waals surface area contributed by atoms with Gasteiger partial charge in [-0.3, -0.25) is 0 Å². The summed E-state index contributed by atoms with van der Waals surface area (Å²) in [6.07, 6.45) is 1.48. The largest absolute Gasteiger partial charge is 0.497 e. The third-order valence-electron chi connectivity index (χ3n) is 4.10. The van der Waals surface area contributed by atoms with Crippen molar-refractivity contribution in [3.63, 3.8) is 0 Å². The second kappa shape index (κ2) is 7.58.